The van der Waals surface area contributed by atoms with Gasteiger partial charge in [0, 0.05) is 5.39 Å². The Hall–Kier alpha value is -0.920. The van der Waals surface area contributed by atoms with E-state index in [0.29, 0.717) is 5.75 Å². The van der Waals surface area contributed by atoms with Gasteiger partial charge in [-0.25, -0.2) is 0 Å². The van der Waals surface area contributed by atoms with E-state index in [1.807, 2.05) is 36.4 Å². The fraction of sp³-hybridized carbons (Fsp3) is 0. The second kappa shape index (κ2) is 4.95. The summed E-state index contributed by atoms with van der Waals surface area (Å²) in [7, 11) is 0. The molecule has 0 aromatic heterocycles. The van der Waals surface area contributed by atoms with Gasteiger partial charge < -0.3 is 5.11 Å². The highest BCUT2D eigenvalue weighted by molar-refractivity contribution is 5.87. The van der Waals surface area contributed by atoms with Crippen LogP contribution in [0.25, 0.3) is 10.8 Å². The van der Waals surface area contributed by atoms with Gasteiger partial charge in [-0.1, -0.05) is 36.4 Å². The second-order valence-electron chi connectivity index (χ2n) is 2.50. The molecule has 13 heavy (non-hydrogen) atoms. The minimum atomic E-state index is 0. The largest absolute Gasteiger partial charge is 0.507 e. The lowest BCUT2D eigenvalue weighted by Gasteiger charge is -1.97. The van der Waals surface area contributed by atoms with Crippen LogP contribution in [0, 0.1) is 0 Å². The zero-order valence-electron chi connectivity index (χ0n) is 6.81. The number of phenolic OH excluding ortho intramolecular Hbond substituents is 1. The van der Waals surface area contributed by atoms with Crippen LogP contribution in [0.2, 0.25) is 0 Å². The molecule has 0 radical (unpaired) electrons. The first kappa shape index (κ1) is 12.1. The maximum absolute atomic E-state index is 9.37. The number of phenols is 1. The summed E-state index contributed by atoms with van der Waals surface area (Å²) in [6, 6.07) is 13.3. The predicted molar refractivity (Wildman–Crippen MR) is 60.1 cm³/mol. The van der Waals surface area contributed by atoms with E-state index >= 15 is 0 Å². The molecular weight excluding hydrogens is 207 g/mol. The topological polar surface area (TPSA) is 20.2 Å². The summed E-state index contributed by atoms with van der Waals surface area (Å²) in [6.07, 6.45) is 0. The molecule has 0 aliphatic carbocycles. The minimum Gasteiger partial charge on any atom is -0.507 e. The molecule has 1 N–H and O–H groups in total. The Bertz CT molecular complexity index is 382. The van der Waals surface area contributed by atoms with Gasteiger partial charge in [0.2, 0.25) is 0 Å². The first-order valence-corrected chi connectivity index (χ1v) is 3.54. The predicted octanol–water partition coefficient (Wildman–Crippen LogP) is 3.39. The van der Waals surface area contributed by atoms with E-state index in [9.17, 15) is 5.11 Å². The zero-order chi connectivity index (χ0) is 7.68. The quantitative estimate of drug-likeness (QED) is 0.717. The molecule has 70 valence electrons. The van der Waals surface area contributed by atoms with Crippen LogP contribution in [-0.4, -0.2) is 5.11 Å². The summed E-state index contributed by atoms with van der Waals surface area (Å²) in [6.45, 7) is 0. The Morgan fingerprint density at radius 2 is 1.38 bits per heavy atom. The van der Waals surface area contributed by atoms with Crippen molar-refractivity contribution < 1.29 is 5.11 Å². The molecule has 0 heterocycles. The molecular formula is C10H10Cl2O. The van der Waals surface area contributed by atoms with Gasteiger partial charge in [-0.2, -0.15) is 0 Å². The average molecular weight is 217 g/mol. The summed E-state index contributed by atoms with van der Waals surface area (Å²) in [4.78, 5) is 0. The van der Waals surface area contributed by atoms with Crippen LogP contribution >= 0.6 is 24.8 Å². The van der Waals surface area contributed by atoms with Crippen LogP contribution < -0.4 is 0 Å². The van der Waals surface area contributed by atoms with E-state index in [1.165, 1.54) is 0 Å². The zero-order valence-corrected chi connectivity index (χ0v) is 8.44. The molecule has 0 unspecified atom stereocenters. The first-order valence-electron chi connectivity index (χ1n) is 3.54. The fourth-order valence-corrected chi connectivity index (χ4v) is 1.21. The van der Waals surface area contributed by atoms with Crippen LogP contribution in [0.1, 0.15) is 0 Å². The van der Waals surface area contributed by atoms with E-state index < -0.39 is 0 Å². The van der Waals surface area contributed by atoms with Crippen molar-refractivity contribution in [2.75, 3.05) is 0 Å². The van der Waals surface area contributed by atoms with Gasteiger partial charge in [0.15, 0.2) is 0 Å². The van der Waals surface area contributed by atoms with Crippen molar-refractivity contribution in [2.24, 2.45) is 0 Å². The molecule has 0 bridgehead atoms. The van der Waals surface area contributed by atoms with Crippen LogP contribution in [0.3, 0.4) is 0 Å². The van der Waals surface area contributed by atoms with Crippen molar-refractivity contribution in [3.63, 3.8) is 0 Å². The molecule has 1 nitrogen and oxygen atoms in total. The summed E-state index contributed by atoms with van der Waals surface area (Å²) in [5.41, 5.74) is 0. The van der Waals surface area contributed by atoms with E-state index in [-0.39, 0.29) is 24.8 Å². The maximum Gasteiger partial charge on any atom is 0.123 e. The van der Waals surface area contributed by atoms with Crippen LogP contribution in [-0.2, 0) is 0 Å². The average Bonchev–Trinajstić information content (AvgIpc) is 2.06. The number of rotatable bonds is 0. The van der Waals surface area contributed by atoms with Crippen LogP contribution in [0.15, 0.2) is 42.5 Å². The molecule has 0 saturated heterocycles. The Morgan fingerprint density at radius 1 is 0.769 bits per heavy atom. The summed E-state index contributed by atoms with van der Waals surface area (Å²) in [5.74, 6) is 0.350. The lowest BCUT2D eigenvalue weighted by atomic mass is 10.1. The lowest BCUT2D eigenvalue weighted by molar-refractivity contribution is 0.481. The molecule has 0 atom stereocenters. The summed E-state index contributed by atoms with van der Waals surface area (Å²) >= 11 is 0. The summed E-state index contributed by atoms with van der Waals surface area (Å²) in [5, 5.41) is 11.4. The monoisotopic (exact) mass is 216 g/mol. The molecule has 2 aromatic rings. The Morgan fingerprint density at radius 3 is 2.08 bits per heavy atom. The Kier molecular flexibility index (Phi) is 4.60. The van der Waals surface area contributed by atoms with Crippen molar-refractivity contribution in [3.8, 4) is 5.75 Å². The molecule has 0 saturated carbocycles. The molecule has 0 amide bonds. The number of fused-ring (bicyclic) bond motifs is 1. The van der Waals surface area contributed by atoms with Gasteiger partial charge in [-0.05, 0) is 11.5 Å². The number of halogens is 2. The summed E-state index contributed by atoms with van der Waals surface area (Å²) < 4.78 is 0. The molecule has 2 aromatic carbocycles. The normalized spacial score (nSPS) is 8.62. The fourth-order valence-electron chi connectivity index (χ4n) is 1.21. The number of aromatic hydroxyl groups is 1. The highest BCUT2D eigenvalue weighted by Gasteiger charge is 1.94. The third-order valence-electron chi connectivity index (χ3n) is 1.77. The van der Waals surface area contributed by atoms with Crippen LogP contribution in [0.5, 0.6) is 5.75 Å². The number of benzene rings is 2. The third-order valence-corrected chi connectivity index (χ3v) is 1.77. The lowest BCUT2D eigenvalue weighted by Crippen LogP contribution is -1.70. The van der Waals surface area contributed by atoms with E-state index in [4.69, 9.17) is 0 Å². The van der Waals surface area contributed by atoms with E-state index in [1.54, 1.807) is 6.07 Å². The van der Waals surface area contributed by atoms with E-state index in [0.717, 1.165) is 10.8 Å². The van der Waals surface area contributed by atoms with Crippen molar-refractivity contribution in [2.45, 2.75) is 0 Å². The smallest absolute Gasteiger partial charge is 0.123 e. The highest BCUT2D eigenvalue weighted by Crippen LogP contribution is 2.22. The van der Waals surface area contributed by atoms with Crippen molar-refractivity contribution in [1.29, 1.82) is 0 Å². The minimum absolute atomic E-state index is 0. The van der Waals surface area contributed by atoms with Gasteiger partial charge in [0.05, 0.1) is 0 Å². The van der Waals surface area contributed by atoms with Crippen molar-refractivity contribution in [3.05, 3.63) is 42.5 Å². The molecule has 0 spiro atoms. The van der Waals surface area contributed by atoms with Crippen molar-refractivity contribution >= 4 is 35.6 Å². The van der Waals surface area contributed by atoms with Crippen LogP contribution in [0.4, 0.5) is 0 Å². The number of hydrogen-bond acceptors (Lipinski definition) is 1. The molecule has 2 rings (SSSR count). The van der Waals surface area contributed by atoms with Gasteiger partial charge in [0.25, 0.3) is 0 Å². The van der Waals surface area contributed by atoms with Gasteiger partial charge in [0.1, 0.15) is 5.75 Å². The van der Waals surface area contributed by atoms with E-state index in [2.05, 4.69) is 0 Å². The standard InChI is InChI=1S/C10H8O.2ClH/c11-10-7-3-5-8-4-1-2-6-9(8)10;;/h1-7,11H;2*1H. The highest BCUT2D eigenvalue weighted by atomic mass is 35.5. The molecule has 0 fully saturated rings. The molecule has 3 heteroatoms. The third kappa shape index (κ3) is 2.27. The molecule has 0 aliphatic heterocycles. The Balaban J connectivity index is 0.000000720. The second-order valence-corrected chi connectivity index (χ2v) is 2.50. The van der Waals surface area contributed by atoms with Crippen molar-refractivity contribution in [1.82, 2.24) is 0 Å². The molecule has 0 aliphatic rings. The van der Waals surface area contributed by atoms with Gasteiger partial charge in [-0.3, -0.25) is 0 Å². The SMILES string of the molecule is Cl.Cl.Oc1cccc2ccccc12. The van der Waals surface area contributed by atoms with Gasteiger partial charge >= 0.3 is 0 Å². The maximum atomic E-state index is 9.37. The van der Waals surface area contributed by atoms with Gasteiger partial charge in [-0.15, -0.1) is 24.8 Å². The first-order chi connectivity index (χ1) is 5.38. The number of hydrogen-bond donors (Lipinski definition) is 1. The Labute approximate surface area is 89.2 Å².